The van der Waals surface area contributed by atoms with Crippen LogP contribution in [0.25, 0.3) is 0 Å². The normalized spacial score (nSPS) is 12.6. The lowest BCUT2D eigenvalue weighted by Gasteiger charge is -2.06. The number of aryl methyl sites for hydroxylation is 1. The molecule has 0 spiro atoms. The zero-order valence-electron chi connectivity index (χ0n) is 7.24. The zero-order chi connectivity index (χ0) is 9.14. The summed E-state index contributed by atoms with van der Waals surface area (Å²) in [5.41, 5.74) is 1.72. The van der Waals surface area contributed by atoms with Gasteiger partial charge in [-0.3, -0.25) is 4.79 Å². The van der Waals surface area contributed by atoms with E-state index in [2.05, 4.69) is 0 Å². The molecule has 1 unspecified atom stereocenters. The number of rotatable bonds is 2. The molecule has 0 fully saturated rings. The topological polar surface area (TPSA) is 37.3 Å². The van der Waals surface area contributed by atoms with Crippen LogP contribution >= 0.6 is 0 Å². The van der Waals surface area contributed by atoms with E-state index in [4.69, 9.17) is 0 Å². The molecule has 0 aliphatic heterocycles. The average Bonchev–Trinajstić information content (AvgIpc) is 2.03. The highest BCUT2D eigenvalue weighted by atomic mass is 16.3. The van der Waals surface area contributed by atoms with Crippen molar-refractivity contribution in [3.05, 3.63) is 35.4 Å². The van der Waals surface area contributed by atoms with Crippen molar-refractivity contribution in [1.29, 1.82) is 0 Å². The van der Waals surface area contributed by atoms with Crippen LogP contribution in [0.15, 0.2) is 24.3 Å². The van der Waals surface area contributed by atoms with Gasteiger partial charge in [-0.25, -0.2) is 0 Å². The number of benzene rings is 1. The molecule has 2 nitrogen and oxygen atoms in total. The summed E-state index contributed by atoms with van der Waals surface area (Å²) in [7, 11) is 0. The van der Waals surface area contributed by atoms with Gasteiger partial charge in [0.15, 0.2) is 5.78 Å². The molecule has 1 aromatic rings. The van der Waals surface area contributed by atoms with E-state index in [9.17, 15) is 9.90 Å². The molecule has 0 saturated carbocycles. The van der Waals surface area contributed by atoms with Crippen molar-refractivity contribution in [2.75, 3.05) is 0 Å². The summed E-state index contributed by atoms with van der Waals surface area (Å²) >= 11 is 0. The first-order valence-corrected chi connectivity index (χ1v) is 3.86. The Kier molecular flexibility index (Phi) is 2.61. The molecule has 1 N–H and O–H groups in total. The quantitative estimate of drug-likeness (QED) is 0.721. The van der Waals surface area contributed by atoms with Crippen molar-refractivity contribution in [1.82, 2.24) is 0 Å². The molecule has 0 aliphatic rings. The number of aliphatic hydroxyl groups is 1. The SMILES string of the molecule is CC(=O)C(O)c1cccc(C)c1. The number of hydrogen-bond donors (Lipinski definition) is 1. The van der Waals surface area contributed by atoms with Crippen molar-refractivity contribution in [2.45, 2.75) is 20.0 Å². The van der Waals surface area contributed by atoms with Crippen LogP contribution in [0.5, 0.6) is 0 Å². The Morgan fingerprint density at radius 2 is 2.17 bits per heavy atom. The number of hydrogen-bond acceptors (Lipinski definition) is 2. The van der Waals surface area contributed by atoms with Gasteiger partial charge in [0, 0.05) is 0 Å². The summed E-state index contributed by atoms with van der Waals surface area (Å²) in [4.78, 5) is 10.8. The van der Waals surface area contributed by atoms with Crippen LogP contribution in [0.1, 0.15) is 24.2 Å². The van der Waals surface area contributed by atoms with Crippen LogP contribution < -0.4 is 0 Å². The van der Waals surface area contributed by atoms with E-state index in [1.54, 1.807) is 6.07 Å². The number of Topliss-reactive ketones (excluding diaryl/α,β-unsaturated/α-hetero) is 1. The first-order chi connectivity index (χ1) is 5.61. The molecule has 12 heavy (non-hydrogen) atoms. The smallest absolute Gasteiger partial charge is 0.162 e. The molecule has 0 aliphatic carbocycles. The number of carbonyl (C=O) groups excluding carboxylic acids is 1. The standard InChI is InChI=1S/C10H12O2/c1-7-4-3-5-9(6-7)10(12)8(2)11/h3-6,10,12H,1-2H3. The third kappa shape index (κ3) is 1.92. The van der Waals surface area contributed by atoms with Crippen molar-refractivity contribution in [3.63, 3.8) is 0 Å². The van der Waals surface area contributed by atoms with Gasteiger partial charge in [-0.15, -0.1) is 0 Å². The molecule has 2 heteroatoms. The van der Waals surface area contributed by atoms with Gasteiger partial charge in [-0.1, -0.05) is 29.8 Å². The van der Waals surface area contributed by atoms with Gasteiger partial charge in [-0.05, 0) is 19.4 Å². The maximum absolute atomic E-state index is 10.8. The van der Waals surface area contributed by atoms with E-state index in [1.807, 2.05) is 25.1 Å². The maximum Gasteiger partial charge on any atom is 0.162 e. The van der Waals surface area contributed by atoms with Crippen molar-refractivity contribution < 1.29 is 9.90 Å². The lowest BCUT2D eigenvalue weighted by Crippen LogP contribution is -2.07. The molecular formula is C10H12O2. The van der Waals surface area contributed by atoms with E-state index in [0.717, 1.165) is 5.56 Å². The molecule has 1 atom stereocenters. The summed E-state index contributed by atoms with van der Waals surface area (Å²) in [5, 5.41) is 9.37. The predicted molar refractivity (Wildman–Crippen MR) is 46.8 cm³/mol. The highest BCUT2D eigenvalue weighted by molar-refractivity contribution is 5.81. The highest BCUT2D eigenvalue weighted by Crippen LogP contribution is 2.14. The second-order valence-electron chi connectivity index (χ2n) is 2.93. The van der Waals surface area contributed by atoms with Crippen LogP contribution in [0, 0.1) is 6.92 Å². The Labute approximate surface area is 71.8 Å². The molecule has 0 aromatic heterocycles. The van der Waals surface area contributed by atoms with Crippen LogP contribution in [-0.4, -0.2) is 10.9 Å². The monoisotopic (exact) mass is 164 g/mol. The lowest BCUT2D eigenvalue weighted by molar-refractivity contribution is -0.125. The fraction of sp³-hybridized carbons (Fsp3) is 0.300. The Balaban J connectivity index is 2.95. The first kappa shape index (κ1) is 8.94. The summed E-state index contributed by atoms with van der Waals surface area (Å²) in [6, 6.07) is 7.32. The van der Waals surface area contributed by atoms with Gasteiger partial charge in [0.1, 0.15) is 6.10 Å². The molecule has 0 amide bonds. The van der Waals surface area contributed by atoms with Gasteiger partial charge in [0.25, 0.3) is 0 Å². The van der Waals surface area contributed by atoms with Crippen LogP contribution in [0.4, 0.5) is 0 Å². The zero-order valence-corrected chi connectivity index (χ0v) is 7.24. The number of aliphatic hydroxyl groups excluding tert-OH is 1. The molecule has 1 rings (SSSR count). The summed E-state index contributed by atoms with van der Waals surface area (Å²) in [6.45, 7) is 3.31. The minimum Gasteiger partial charge on any atom is -0.381 e. The van der Waals surface area contributed by atoms with Crippen molar-refractivity contribution in [3.8, 4) is 0 Å². The van der Waals surface area contributed by atoms with Gasteiger partial charge in [0.2, 0.25) is 0 Å². The van der Waals surface area contributed by atoms with Gasteiger partial charge in [0.05, 0.1) is 0 Å². The van der Waals surface area contributed by atoms with Crippen molar-refractivity contribution >= 4 is 5.78 Å². The van der Waals surface area contributed by atoms with Crippen LogP contribution in [0.2, 0.25) is 0 Å². The second kappa shape index (κ2) is 3.50. The Bertz CT molecular complexity index is 292. The molecule has 1 aromatic carbocycles. The molecular weight excluding hydrogens is 152 g/mol. The first-order valence-electron chi connectivity index (χ1n) is 3.86. The molecule has 64 valence electrons. The lowest BCUT2D eigenvalue weighted by atomic mass is 10.0. The number of ketones is 1. The minimum absolute atomic E-state index is 0.222. The van der Waals surface area contributed by atoms with E-state index >= 15 is 0 Å². The van der Waals surface area contributed by atoms with Gasteiger partial charge in [-0.2, -0.15) is 0 Å². The van der Waals surface area contributed by atoms with Crippen molar-refractivity contribution in [2.24, 2.45) is 0 Å². The third-order valence-corrected chi connectivity index (χ3v) is 1.74. The molecule has 0 bridgehead atoms. The Hall–Kier alpha value is -1.15. The fourth-order valence-corrected chi connectivity index (χ4v) is 1.07. The Morgan fingerprint density at radius 1 is 1.50 bits per heavy atom. The fourth-order valence-electron chi connectivity index (χ4n) is 1.07. The highest BCUT2D eigenvalue weighted by Gasteiger charge is 2.11. The largest absolute Gasteiger partial charge is 0.381 e. The summed E-state index contributed by atoms with van der Waals surface area (Å²) in [5.74, 6) is -0.222. The minimum atomic E-state index is -0.968. The van der Waals surface area contributed by atoms with E-state index in [0.29, 0.717) is 5.56 Å². The van der Waals surface area contributed by atoms with Crippen LogP contribution in [-0.2, 0) is 4.79 Å². The third-order valence-electron chi connectivity index (χ3n) is 1.74. The van der Waals surface area contributed by atoms with E-state index in [1.165, 1.54) is 6.92 Å². The average molecular weight is 164 g/mol. The number of carbonyl (C=O) groups is 1. The van der Waals surface area contributed by atoms with Crippen LogP contribution in [0.3, 0.4) is 0 Å². The van der Waals surface area contributed by atoms with E-state index < -0.39 is 6.10 Å². The Morgan fingerprint density at radius 3 is 2.67 bits per heavy atom. The summed E-state index contributed by atoms with van der Waals surface area (Å²) < 4.78 is 0. The maximum atomic E-state index is 10.8. The molecule has 0 saturated heterocycles. The summed E-state index contributed by atoms with van der Waals surface area (Å²) in [6.07, 6.45) is -0.968. The molecule has 0 radical (unpaired) electrons. The second-order valence-corrected chi connectivity index (χ2v) is 2.93. The predicted octanol–water partition coefficient (Wildman–Crippen LogP) is 1.62. The van der Waals surface area contributed by atoms with Gasteiger partial charge >= 0.3 is 0 Å². The van der Waals surface area contributed by atoms with Gasteiger partial charge < -0.3 is 5.11 Å². The molecule has 0 heterocycles. The van der Waals surface area contributed by atoms with E-state index in [-0.39, 0.29) is 5.78 Å².